The molecule has 0 aromatic heterocycles. The van der Waals surface area contributed by atoms with Crippen LogP contribution in [-0.4, -0.2) is 11.1 Å². The lowest BCUT2D eigenvalue weighted by molar-refractivity contribution is -0.157. The molecule has 2 atom stereocenters. The Morgan fingerprint density at radius 2 is 2.10 bits per heavy atom. The summed E-state index contributed by atoms with van der Waals surface area (Å²) >= 11 is 0. The third-order valence-electron chi connectivity index (χ3n) is 3.06. The summed E-state index contributed by atoms with van der Waals surface area (Å²) in [6, 6.07) is 0. The molecule has 0 bridgehead atoms. The van der Waals surface area contributed by atoms with Gasteiger partial charge in [0.25, 0.3) is 0 Å². The van der Waals surface area contributed by atoms with Gasteiger partial charge >= 0.3 is 5.97 Å². The second-order valence-electron chi connectivity index (χ2n) is 3.85. The van der Waals surface area contributed by atoms with Gasteiger partial charge in [0, 0.05) is 0 Å². The van der Waals surface area contributed by atoms with Gasteiger partial charge in [-0.05, 0) is 17.8 Å². The van der Waals surface area contributed by atoms with Crippen LogP contribution in [0.25, 0.3) is 0 Å². The van der Waals surface area contributed by atoms with Crippen LogP contribution in [0.15, 0.2) is 0 Å². The van der Waals surface area contributed by atoms with Crippen molar-refractivity contribution in [3.8, 4) is 0 Å². The molecule has 1 aliphatic rings. The first-order valence-electron chi connectivity index (χ1n) is 3.69. The van der Waals surface area contributed by atoms with Crippen molar-refractivity contribution < 1.29 is 9.90 Å². The van der Waals surface area contributed by atoms with Gasteiger partial charge in [0.2, 0.25) is 0 Å². The molecule has 0 aliphatic heterocycles. The van der Waals surface area contributed by atoms with Crippen molar-refractivity contribution in [2.75, 3.05) is 0 Å². The standard InChI is InChI=1S/C8H14O2/c1-5-4-6(7(9)10)8(5,2)3/h5-6H,4H2,1-3H3,(H,9,10)/t5-,6-/m1/s1. The largest absolute Gasteiger partial charge is 0.481 e. The van der Waals surface area contributed by atoms with Crippen LogP contribution in [-0.2, 0) is 4.79 Å². The van der Waals surface area contributed by atoms with E-state index in [9.17, 15) is 4.79 Å². The zero-order chi connectivity index (χ0) is 7.94. The third kappa shape index (κ3) is 0.825. The fourth-order valence-corrected chi connectivity index (χ4v) is 1.56. The zero-order valence-electron chi connectivity index (χ0n) is 6.72. The average Bonchev–Trinajstić information content (AvgIpc) is 1.82. The van der Waals surface area contributed by atoms with E-state index in [2.05, 4.69) is 6.92 Å². The Labute approximate surface area is 61.2 Å². The van der Waals surface area contributed by atoms with E-state index in [4.69, 9.17) is 5.11 Å². The molecule has 58 valence electrons. The maximum absolute atomic E-state index is 10.5. The highest BCUT2D eigenvalue weighted by Crippen LogP contribution is 2.50. The van der Waals surface area contributed by atoms with Gasteiger partial charge in [-0.1, -0.05) is 20.8 Å². The normalized spacial score (nSPS) is 36.7. The second kappa shape index (κ2) is 1.97. The first-order valence-corrected chi connectivity index (χ1v) is 3.69. The van der Waals surface area contributed by atoms with Crippen LogP contribution in [0.3, 0.4) is 0 Å². The fraction of sp³-hybridized carbons (Fsp3) is 0.875. The van der Waals surface area contributed by atoms with E-state index < -0.39 is 5.97 Å². The summed E-state index contributed by atoms with van der Waals surface area (Å²) in [7, 11) is 0. The first kappa shape index (κ1) is 7.58. The van der Waals surface area contributed by atoms with Gasteiger partial charge < -0.3 is 5.11 Å². The number of aliphatic carboxylic acids is 1. The van der Waals surface area contributed by atoms with E-state index in [1.807, 2.05) is 13.8 Å². The van der Waals surface area contributed by atoms with E-state index in [-0.39, 0.29) is 11.3 Å². The van der Waals surface area contributed by atoms with Crippen LogP contribution in [0, 0.1) is 17.3 Å². The van der Waals surface area contributed by atoms with Crippen molar-refractivity contribution in [1.29, 1.82) is 0 Å². The lowest BCUT2D eigenvalue weighted by Crippen LogP contribution is -2.47. The molecule has 0 heterocycles. The number of carboxylic acid groups (broad SMARTS) is 1. The molecule has 10 heavy (non-hydrogen) atoms. The van der Waals surface area contributed by atoms with Crippen LogP contribution in [0.4, 0.5) is 0 Å². The van der Waals surface area contributed by atoms with E-state index in [0.29, 0.717) is 5.92 Å². The molecule has 0 unspecified atom stereocenters. The van der Waals surface area contributed by atoms with Gasteiger partial charge in [-0.2, -0.15) is 0 Å². The molecule has 1 fully saturated rings. The topological polar surface area (TPSA) is 37.3 Å². The third-order valence-corrected chi connectivity index (χ3v) is 3.06. The Kier molecular flexibility index (Phi) is 1.50. The van der Waals surface area contributed by atoms with Gasteiger partial charge in [0.1, 0.15) is 0 Å². The molecule has 1 saturated carbocycles. The SMILES string of the molecule is C[C@@H]1C[C@H](C(=O)O)C1(C)C. The summed E-state index contributed by atoms with van der Waals surface area (Å²) < 4.78 is 0. The quantitative estimate of drug-likeness (QED) is 0.605. The molecule has 0 aromatic rings. The average molecular weight is 142 g/mol. The number of hydrogen-bond donors (Lipinski definition) is 1. The molecule has 1 N–H and O–H groups in total. The van der Waals surface area contributed by atoms with Crippen LogP contribution >= 0.6 is 0 Å². The zero-order valence-corrected chi connectivity index (χ0v) is 6.72. The minimum Gasteiger partial charge on any atom is -0.481 e. The van der Waals surface area contributed by atoms with Crippen molar-refractivity contribution in [2.45, 2.75) is 27.2 Å². The van der Waals surface area contributed by atoms with E-state index >= 15 is 0 Å². The lowest BCUT2D eigenvalue weighted by Gasteiger charge is -2.48. The van der Waals surface area contributed by atoms with Crippen molar-refractivity contribution in [3.63, 3.8) is 0 Å². The van der Waals surface area contributed by atoms with E-state index in [1.165, 1.54) is 0 Å². The van der Waals surface area contributed by atoms with Gasteiger partial charge in [-0.3, -0.25) is 4.79 Å². The van der Waals surface area contributed by atoms with E-state index in [1.54, 1.807) is 0 Å². The number of carboxylic acids is 1. The fourth-order valence-electron chi connectivity index (χ4n) is 1.56. The Morgan fingerprint density at radius 1 is 1.60 bits per heavy atom. The molecule has 1 rings (SSSR count). The Balaban J connectivity index is 2.63. The summed E-state index contributed by atoms with van der Waals surface area (Å²) in [5.74, 6) is -0.181. The molecule has 2 heteroatoms. The van der Waals surface area contributed by atoms with Gasteiger partial charge in [-0.25, -0.2) is 0 Å². The van der Waals surface area contributed by atoms with Gasteiger partial charge in [0.05, 0.1) is 5.92 Å². The second-order valence-corrected chi connectivity index (χ2v) is 3.85. The Morgan fingerprint density at radius 3 is 2.20 bits per heavy atom. The summed E-state index contributed by atoms with van der Waals surface area (Å²) in [6.07, 6.45) is 0.850. The Hall–Kier alpha value is -0.530. The van der Waals surface area contributed by atoms with Crippen LogP contribution in [0.5, 0.6) is 0 Å². The molecular weight excluding hydrogens is 128 g/mol. The smallest absolute Gasteiger partial charge is 0.307 e. The van der Waals surface area contributed by atoms with Gasteiger partial charge in [0.15, 0.2) is 0 Å². The summed E-state index contributed by atoms with van der Waals surface area (Å²) in [4.78, 5) is 10.5. The first-order chi connectivity index (χ1) is 4.46. The van der Waals surface area contributed by atoms with Crippen LogP contribution in [0.2, 0.25) is 0 Å². The molecule has 0 radical (unpaired) electrons. The minimum atomic E-state index is -0.636. The molecule has 0 aromatic carbocycles. The number of hydrogen-bond acceptors (Lipinski definition) is 1. The van der Waals surface area contributed by atoms with Crippen molar-refractivity contribution in [3.05, 3.63) is 0 Å². The Bertz CT molecular complexity index is 161. The van der Waals surface area contributed by atoms with Crippen molar-refractivity contribution >= 4 is 5.97 Å². The summed E-state index contributed by atoms with van der Waals surface area (Å²) in [5, 5.41) is 8.69. The van der Waals surface area contributed by atoms with Crippen LogP contribution < -0.4 is 0 Å². The monoisotopic (exact) mass is 142 g/mol. The summed E-state index contributed by atoms with van der Waals surface area (Å²) in [6.45, 7) is 6.17. The molecular formula is C8H14O2. The van der Waals surface area contributed by atoms with Gasteiger partial charge in [-0.15, -0.1) is 0 Å². The van der Waals surface area contributed by atoms with Crippen molar-refractivity contribution in [2.24, 2.45) is 17.3 Å². The highest BCUT2D eigenvalue weighted by molar-refractivity contribution is 5.72. The molecule has 0 saturated heterocycles. The minimum absolute atomic E-state index is 0.0197. The maximum Gasteiger partial charge on any atom is 0.307 e. The van der Waals surface area contributed by atoms with Crippen molar-refractivity contribution in [1.82, 2.24) is 0 Å². The number of carbonyl (C=O) groups is 1. The lowest BCUT2D eigenvalue weighted by atomic mass is 9.55. The molecule has 1 aliphatic carbocycles. The van der Waals surface area contributed by atoms with Crippen LogP contribution in [0.1, 0.15) is 27.2 Å². The molecule has 0 spiro atoms. The predicted octanol–water partition coefficient (Wildman–Crippen LogP) is 1.75. The highest BCUT2D eigenvalue weighted by atomic mass is 16.4. The summed E-state index contributed by atoms with van der Waals surface area (Å²) in [5.41, 5.74) is 0.0197. The molecule has 2 nitrogen and oxygen atoms in total. The van der Waals surface area contributed by atoms with E-state index in [0.717, 1.165) is 6.42 Å². The predicted molar refractivity (Wildman–Crippen MR) is 38.7 cm³/mol. The maximum atomic E-state index is 10.5. The highest BCUT2D eigenvalue weighted by Gasteiger charge is 2.49. The number of rotatable bonds is 1. The molecule has 0 amide bonds.